The van der Waals surface area contributed by atoms with Gasteiger partial charge in [-0.2, -0.15) is 0 Å². The Bertz CT molecular complexity index is 1010. The van der Waals surface area contributed by atoms with Crippen LogP contribution in [0.25, 0.3) is 33.3 Å². The summed E-state index contributed by atoms with van der Waals surface area (Å²) in [4.78, 5) is 7.45. The molecule has 0 radical (unpaired) electrons. The second-order valence-electron chi connectivity index (χ2n) is 5.66. The number of H-pyrrole nitrogens is 1. The molecule has 0 spiro atoms. The molecule has 118 valence electrons. The Kier molecular flexibility index (Phi) is 3.81. The van der Waals surface area contributed by atoms with E-state index in [0.29, 0.717) is 11.6 Å². The number of nitrogens with two attached hydrogens (primary N) is 1. The Hall–Kier alpha value is -2.62. The fourth-order valence-corrected chi connectivity index (χ4v) is 3.31. The van der Waals surface area contributed by atoms with Crippen molar-refractivity contribution in [2.75, 3.05) is 0 Å². The van der Waals surface area contributed by atoms with Crippen molar-refractivity contribution in [1.82, 2.24) is 9.97 Å². The molecule has 4 heteroatoms. The van der Waals surface area contributed by atoms with Crippen LogP contribution in [0.15, 0.2) is 67.0 Å². The first-order valence-electron chi connectivity index (χ1n) is 7.78. The zero-order valence-electron chi connectivity index (χ0n) is 13.0. The molecule has 0 saturated heterocycles. The first-order chi connectivity index (χ1) is 11.8. The van der Waals surface area contributed by atoms with Crippen LogP contribution in [0.1, 0.15) is 5.56 Å². The number of rotatable bonds is 3. The zero-order valence-corrected chi connectivity index (χ0v) is 13.7. The predicted octanol–water partition coefficient (Wildman–Crippen LogP) is 5.01. The molecular formula is C20H16ClN3. The standard InChI is InChI=1S/C20H16ClN3/c21-18-12-24-20-19(18)16(8-9-23-20)14-6-7-15(11-22)17(10-14)13-4-2-1-3-5-13/h1-10,12H,11,22H2,(H,23,24). The van der Waals surface area contributed by atoms with E-state index in [9.17, 15) is 0 Å². The number of hydrogen-bond acceptors (Lipinski definition) is 2. The largest absolute Gasteiger partial charge is 0.345 e. The van der Waals surface area contributed by atoms with Crippen LogP contribution in [0.3, 0.4) is 0 Å². The second kappa shape index (κ2) is 6.11. The molecule has 0 fully saturated rings. The van der Waals surface area contributed by atoms with E-state index >= 15 is 0 Å². The quantitative estimate of drug-likeness (QED) is 0.553. The average molecular weight is 334 g/mol. The van der Waals surface area contributed by atoms with Crippen LogP contribution >= 0.6 is 11.6 Å². The van der Waals surface area contributed by atoms with Crippen LogP contribution in [0.2, 0.25) is 5.02 Å². The summed E-state index contributed by atoms with van der Waals surface area (Å²) in [5.74, 6) is 0. The maximum absolute atomic E-state index is 6.35. The van der Waals surface area contributed by atoms with Gasteiger partial charge in [0.1, 0.15) is 5.65 Å². The zero-order chi connectivity index (χ0) is 16.5. The molecule has 24 heavy (non-hydrogen) atoms. The van der Waals surface area contributed by atoms with Crippen molar-refractivity contribution in [3.63, 3.8) is 0 Å². The van der Waals surface area contributed by atoms with Crippen LogP contribution in [0.5, 0.6) is 0 Å². The van der Waals surface area contributed by atoms with Gasteiger partial charge in [0.25, 0.3) is 0 Å². The monoisotopic (exact) mass is 333 g/mol. The highest BCUT2D eigenvalue weighted by Gasteiger charge is 2.12. The highest BCUT2D eigenvalue weighted by molar-refractivity contribution is 6.36. The van der Waals surface area contributed by atoms with Gasteiger partial charge in [0.15, 0.2) is 0 Å². The van der Waals surface area contributed by atoms with Gasteiger partial charge in [-0.05, 0) is 39.9 Å². The lowest BCUT2D eigenvalue weighted by molar-refractivity contribution is 1.07. The highest BCUT2D eigenvalue weighted by atomic mass is 35.5. The van der Waals surface area contributed by atoms with Gasteiger partial charge >= 0.3 is 0 Å². The van der Waals surface area contributed by atoms with Crippen molar-refractivity contribution in [1.29, 1.82) is 0 Å². The lowest BCUT2D eigenvalue weighted by atomic mass is 9.94. The minimum atomic E-state index is 0.501. The Morgan fingerprint density at radius 1 is 0.958 bits per heavy atom. The summed E-state index contributed by atoms with van der Waals surface area (Å²) in [7, 11) is 0. The van der Waals surface area contributed by atoms with E-state index in [0.717, 1.165) is 38.9 Å². The summed E-state index contributed by atoms with van der Waals surface area (Å²) >= 11 is 6.35. The number of hydrogen-bond donors (Lipinski definition) is 2. The van der Waals surface area contributed by atoms with E-state index in [1.807, 2.05) is 24.3 Å². The van der Waals surface area contributed by atoms with E-state index in [4.69, 9.17) is 17.3 Å². The number of aromatic amines is 1. The number of pyridine rings is 1. The number of nitrogens with one attached hydrogen (secondary N) is 1. The fourth-order valence-electron chi connectivity index (χ4n) is 3.07. The minimum absolute atomic E-state index is 0.501. The van der Waals surface area contributed by atoms with E-state index in [1.165, 1.54) is 0 Å². The first kappa shape index (κ1) is 14.9. The SMILES string of the molecule is NCc1ccc(-c2ccnc3[nH]cc(Cl)c23)cc1-c1ccccc1. The number of nitrogens with zero attached hydrogens (tertiary/aromatic N) is 1. The van der Waals surface area contributed by atoms with Crippen molar-refractivity contribution in [3.05, 3.63) is 77.6 Å². The number of halogens is 1. The molecule has 3 N–H and O–H groups in total. The van der Waals surface area contributed by atoms with Gasteiger partial charge in [0.2, 0.25) is 0 Å². The third-order valence-corrected chi connectivity index (χ3v) is 4.55. The Labute approximate surface area is 145 Å². The van der Waals surface area contributed by atoms with E-state index in [2.05, 4.69) is 40.3 Å². The molecule has 2 aromatic heterocycles. The summed E-state index contributed by atoms with van der Waals surface area (Å²) < 4.78 is 0. The summed E-state index contributed by atoms with van der Waals surface area (Å²) in [5, 5.41) is 1.62. The number of aromatic nitrogens is 2. The second-order valence-corrected chi connectivity index (χ2v) is 6.07. The summed E-state index contributed by atoms with van der Waals surface area (Å²) in [5.41, 5.74) is 12.3. The molecule has 0 amide bonds. The molecule has 2 aromatic carbocycles. The van der Waals surface area contributed by atoms with Crippen molar-refractivity contribution < 1.29 is 0 Å². The van der Waals surface area contributed by atoms with Crippen molar-refractivity contribution >= 4 is 22.6 Å². The summed E-state index contributed by atoms with van der Waals surface area (Å²) in [6, 6.07) is 18.6. The molecule has 3 nitrogen and oxygen atoms in total. The van der Waals surface area contributed by atoms with Gasteiger partial charge in [-0.1, -0.05) is 54.1 Å². The van der Waals surface area contributed by atoms with Crippen LogP contribution < -0.4 is 5.73 Å². The van der Waals surface area contributed by atoms with Crippen molar-refractivity contribution in [3.8, 4) is 22.3 Å². The molecule has 0 atom stereocenters. The average Bonchev–Trinajstić information content (AvgIpc) is 3.03. The van der Waals surface area contributed by atoms with Gasteiger partial charge in [0.05, 0.1) is 5.02 Å². The topological polar surface area (TPSA) is 54.7 Å². The summed E-state index contributed by atoms with van der Waals surface area (Å²) in [6.45, 7) is 0.501. The van der Waals surface area contributed by atoms with Crippen LogP contribution in [-0.4, -0.2) is 9.97 Å². The van der Waals surface area contributed by atoms with Crippen LogP contribution in [0, 0.1) is 0 Å². The lowest BCUT2D eigenvalue weighted by Gasteiger charge is -2.12. The molecule has 0 unspecified atom stereocenters. The number of fused-ring (bicyclic) bond motifs is 1. The van der Waals surface area contributed by atoms with Gasteiger partial charge in [-0.3, -0.25) is 0 Å². The van der Waals surface area contributed by atoms with Gasteiger partial charge in [-0.25, -0.2) is 4.98 Å². The van der Waals surface area contributed by atoms with Crippen molar-refractivity contribution in [2.45, 2.75) is 6.54 Å². The molecule has 0 aliphatic carbocycles. The molecule has 0 saturated carbocycles. The predicted molar refractivity (Wildman–Crippen MR) is 99.9 cm³/mol. The lowest BCUT2D eigenvalue weighted by Crippen LogP contribution is -1.99. The normalized spacial score (nSPS) is 11.1. The first-order valence-corrected chi connectivity index (χ1v) is 8.16. The molecule has 0 bridgehead atoms. The third-order valence-electron chi connectivity index (χ3n) is 4.25. The van der Waals surface area contributed by atoms with Gasteiger partial charge in [-0.15, -0.1) is 0 Å². The summed E-state index contributed by atoms with van der Waals surface area (Å²) in [6.07, 6.45) is 3.57. The smallest absolute Gasteiger partial charge is 0.139 e. The van der Waals surface area contributed by atoms with Crippen molar-refractivity contribution in [2.24, 2.45) is 5.73 Å². The van der Waals surface area contributed by atoms with E-state index in [-0.39, 0.29) is 0 Å². The van der Waals surface area contributed by atoms with E-state index in [1.54, 1.807) is 12.4 Å². The molecule has 2 heterocycles. The van der Waals surface area contributed by atoms with Crippen LogP contribution in [0.4, 0.5) is 0 Å². The fraction of sp³-hybridized carbons (Fsp3) is 0.0500. The maximum atomic E-state index is 6.35. The molecule has 0 aliphatic rings. The molecule has 0 aliphatic heterocycles. The molecule has 4 rings (SSSR count). The van der Waals surface area contributed by atoms with Gasteiger partial charge < -0.3 is 10.7 Å². The Morgan fingerprint density at radius 2 is 1.79 bits per heavy atom. The number of benzene rings is 2. The molecule has 4 aromatic rings. The highest BCUT2D eigenvalue weighted by Crippen LogP contribution is 2.35. The van der Waals surface area contributed by atoms with Crippen LogP contribution in [-0.2, 0) is 6.54 Å². The maximum Gasteiger partial charge on any atom is 0.139 e. The Balaban J connectivity index is 1.95. The Morgan fingerprint density at radius 3 is 2.58 bits per heavy atom. The van der Waals surface area contributed by atoms with E-state index < -0.39 is 0 Å². The molecular weight excluding hydrogens is 318 g/mol. The third kappa shape index (κ3) is 2.48. The van der Waals surface area contributed by atoms with Gasteiger partial charge in [0, 0.05) is 24.3 Å². The minimum Gasteiger partial charge on any atom is -0.345 e.